The van der Waals surface area contributed by atoms with E-state index in [-0.39, 0.29) is 22.2 Å². The molecule has 0 spiro atoms. The summed E-state index contributed by atoms with van der Waals surface area (Å²) in [5, 5.41) is 0.375. The summed E-state index contributed by atoms with van der Waals surface area (Å²) in [6.07, 6.45) is 7.24. The number of fused-ring (bicyclic) bond motifs is 2. The van der Waals surface area contributed by atoms with Crippen LogP contribution in [0.2, 0.25) is 5.15 Å². The summed E-state index contributed by atoms with van der Waals surface area (Å²) in [6.45, 7) is 4.74. The second kappa shape index (κ2) is 7.73. The Labute approximate surface area is 181 Å². The van der Waals surface area contributed by atoms with Gasteiger partial charge >= 0.3 is 6.01 Å². The minimum Gasteiger partial charge on any atom is -0.461 e. The summed E-state index contributed by atoms with van der Waals surface area (Å²) < 4.78 is 21.0. The molecule has 0 aromatic carbocycles. The topological polar surface area (TPSA) is 57.6 Å². The van der Waals surface area contributed by atoms with Crippen molar-refractivity contribution >= 4 is 28.3 Å². The Bertz CT molecular complexity index is 949. The number of rotatable bonds is 5. The van der Waals surface area contributed by atoms with Gasteiger partial charge in [0.1, 0.15) is 17.9 Å². The summed E-state index contributed by atoms with van der Waals surface area (Å²) in [4.78, 5) is 20.0. The normalized spacial score (nSPS) is 23.9. The minimum absolute atomic E-state index is 0.0764. The largest absolute Gasteiger partial charge is 0.461 e. The molecule has 30 heavy (non-hydrogen) atoms. The fraction of sp³-hybridized carbons (Fsp3) is 0.667. The lowest BCUT2D eigenvalue weighted by molar-refractivity contribution is 0.108. The number of anilines is 1. The lowest BCUT2D eigenvalue weighted by Crippen LogP contribution is -2.43. The zero-order chi connectivity index (χ0) is 20.9. The van der Waals surface area contributed by atoms with E-state index in [0.29, 0.717) is 23.9 Å². The van der Waals surface area contributed by atoms with Crippen molar-refractivity contribution in [1.82, 2.24) is 24.8 Å². The molecule has 3 aliphatic heterocycles. The molecule has 0 radical (unpaired) electrons. The van der Waals surface area contributed by atoms with Gasteiger partial charge in [0.15, 0.2) is 11.0 Å². The highest BCUT2D eigenvalue weighted by atomic mass is 35.5. The van der Waals surface area contributed by atoms with Crippen LogP contribution in [0.5, 0.6) is 6.01 Å². The third kappa shape index (κ3) is 3.39. The molecule has 0 amide bonds. The molecule has 3 aliphatic rings. The highest BCUT2D eigenvalue weighted by Crippen LogP contribution is 2.39. The molecule has 162 valence electrons. The first-order valence-corrected chi connectivity index (χ1v) is 11.2. The van der Waals surface area contributed by atoms with Gasteiger partial charge in [-0.3, -0.25) is 4.90 Å². The third-order valence-corrected chi connectivity index (χ3v) is 7.39. The van der Waals surface area contributed by atoms with E-state index in [4.69, 9.17) is 21.3 Å². The second-order valence-electron chi connectivity index (χ2n) is 8.98. The second-order valence-corrected chi connectivity index (χ2v) is 9.34. The van der Waals surface area contributed by atoms with Crippen LogP contribution >= 0.6 is 11.6 Å². The number of hydrogen-bond acceptors (Lipinski definition) is 7. The van der Waals surface area contributed by atoms with Crippen molar-refractivity contribution in [2.45, 2.75) is 43.7 Å². The SMILES string of the molecule is CN1CC[C@@H](N(C)c2nc(OCC34CCCN3CCC4)nc3c(F)c(Cl)ncc23)C1. The lowest BCUT2D eigenvalue weighted by atomic mass is 9.95. The van der Waals surface area contributed by atoms with Gasteiger partial charge in [-0.05, 0) is 58.8 Å². The Kier molecular flexibility index (Phi) is 5.19. The summed E-state index contributed by atoms with van der Waals surface area (Å²) in [6, 6.07) is 0.503. The van der Waals surface area contributed by atoms with Crippen LogP contribution in [-0.2, 0) is 0 Å². The number of aromatic nitrogens is 3. The predicted molar refractivity (Wildman–Crippen MR) is 115 cm³/mol. The molecule has 3 fully saturated rings. The Balaban J connectivity index is 1.49. The molecule has 2 aromatic rings. The molecule has 5 heterocycles. The van der Waals surface area contributed by atoms with E-state index in [2.05, 4.69) is 31.7 Å². The Morgan fingerprint density at radius 2 is 2.03 bits per heavy atom. The average Bonchev–Trinajstić information content (AvgIpc) is 3.44. The molecule has 7 nitrogen and oxygen atoms in total. The van der Waals surface area contributed by atoms with Gasteiger partial charge in [0, 0.05) is 25.8 Å². The van der Waals surface area contributed by atoms with E-state index in [1.54, 1.807) is 6.20 Å². The van der Waals surface area contributed by atoms with Crippen LogP contribution in [0.3, 0.4) is 0 Å². The third-order valence-electron chi connectivity index (χ3n) is 7.13. The van der Waals surface area contributed by atoms with Crippen molar-refractivity contribution < 1.29 is 9.13 Å². The molecule has 0 N–H and O–H groups in total. The Morgan fingerprint density at radius 3 is 2.73 bits per heavy atom. The summed E-state index contributed by atoms with van der Waals surface area (Å²) in [5.74, 6) is 0.0201. The highest BCUT2D eigenvalue weighted by molar-refractivity contribution is 6.30. The zero-order valence-corrected chi connectivity index (χ0v) is 18.3. The maximum atomic E-state index is 14.8. The molecule has 0 saturated carbocycles. The monoisotopic (exact) mass is 434 g/mol. The zero-order valence-electron chi connectivity index (χ0n) is 17.6. The van der Waals surface area contributed by atoms with Crippen LogP contribution in [0, 0.1) is 5.82 Å². The van der Waals surface area contributed by atoms with Gasteiger partial charge < -0.3 is 14.5 Å². The number of nitrogens with zero attached hydrogens (tertiary/aromatic N) is 6. The maximum Gasteiger partial charge on any atom is 0.319 e. The highest BCUT2D eigenvalue weighted by Gasteiger charge is 2.45. The van der Waals surface area contributed by atoms with Gasteiger partial charge in [0.2, 0.25) is 0 Å². The van der Waals surface area contributed by atoms with Crippen LogP contribution in [0.4, 0.5) is 10.2 Å². The quantitative estimate of drug-likeness (QED) is 0.670. The summed E-state index contributed by atoms with van der Waals surface area (Å²) in [5.41, 5.74) is 0.243. The standard InChI is InChI=1S/C21H28ClFN6O/c1-27-10-5-14(12-27)28(2)19-15-11-24-18(22)16(23)17(15)25-20(26-19)30-13-21-6-3-8-29(21)9-4-7-21/h11,14H,3-10,12-13H2,1-2H3/t14-/m1/s1. The Hall–Kier alpha value is -1.77. The fourth-order valence-corrected chi connectivity index (χ4v) is 5.53. The summed E-state index contributed by atoms with van der Waals surface area (Å²) >= 11 is 5.96. The predicted octanol–water partition coefficient (Wildman–Crippen LogP) is 2.96. The number of likely N-dealkylation sites (tertiary alicyclic amines) is 1. The van der Waals surface area contributed by atoms with E-state index in [0.717, 1.165) is 45.4 Å². The first-order valence-electron chi connectivity index (χ1n) is 10.8. The average molecular weight is 435 g/mol. The molecule has 0 aliphatic carbocycles. The lowest BCUT2D eigenvalue weighted by Gasteiger charge is -2.31. The van der Waals surface area contributed by atoms with Crippen LogP contribution in [0.15, 0.2) is 6.20 Å². The van der Waals surface area contributed by atoms with Gasteiger partial charge in [-0.2, -0.15) is 9.97 Å². The molecular weight excluding hydrogens is 407 g/mol. The fourth-order valence-electron chi connectivity index (χ4n) is 5.39. The van der Waals surface area contributed by atoms with Gasteiger partial charge in [0.25, 0.3) is 0 Å². The van der Waals surface area contributed by atoms with Crippen LogP contribution in [0.1, 0.15) is 32.1 Å². The van der Waals surface area contributed by atoms with Crippen molar-refractivity contribution in [2.24, 2.45) is 0 Å². The van der Waals surface area contributed by atoms with E-state index in [1.807, 2.05) is 7.05 Å². The Morgan fingerprint density at radius 1 is 1.27 bits per heavy atom. The van der Waals surface area contributed by atoms with Crippen molar-refractivity contribution in [3.8, 4) is 6.01 Å². The number of likely N-dealkylation sites (N-methyl/N-ethyl adjacent to an activating group) is 2. The van der Waals surface area contributed by atoms with Crippen molar-refractivity contribution in [3.63, 3.8) is 0 Å². The molecule has 0 unspecified atom stereocenters. The number of pyridine rings is 1. The van der Waals surface area contributed by atoms with Crippen LogP contribution < -0.4 is 9.64 Å². The van der Waals surface area contributed by atoms with E-state index in [9.17, 15) is 4.39 Å². The van der Waals surface area contributed by atoms with Gasteiger partial charge in [-0.25, -0.2) is 9.37 Å². The molecule has 9 heteroatoms. The minimum atomic E-state index is -0.624. The molecule has 0 bridgehead atoms. The number of ether oxygens (including phenoxy) is 1. The maximum absolute atomic E-state index is 14.8. The first-order chi connectivity index (χ1) is 14.5. The number of hydrogen-bond donors (Lipinski definition) is 0. The van der Waals surface area contributed by atoms with Crippen molar-refractivity contribution in [2.75, 3.05) is 51.8 Å². The first kappa shape index (κ1) is 20.2. The van der Waals surface area contributed by atoms with Crippen molar-refractivity contribution in [1.29, 1.82) is 0 Å². The smallest absolute Gasteiger partial charge is 0.319 e. The van der Waals surface area contributed by atoms with E-state index >= 15 is 0 Å². The van der Waals surface area contributed by atoms with E-state index in [1.165, 1.54) is 12.8 Å². The van der Waals surface area contributed by atoms with Gasteiger partial charge in [0.05, 0.1) is 10.9 Å². The number of halogens is 2. The molecule has 1 atom stereocenters. The van der Waals surface area contributed by atoms with Crippen molar-refractivity contribution in [3.05, 3.63) is 17.2 Å². The van der Waals surface area contributed by atoms with Gasteiger partial charge in [-0.15, -0.1) is 0 Å². The van der Waals surface area contributed by atoms with Crippen LogP contribution in [0.25, 0.3) is 10.9 Å². The van der Waals surface area contributed by atoms with Crippen LogP contribution in [-0.4, -0.2) is 83.2 Å². The summed E-state index contributed by atoms with van der Waals surface area (Å²) in [7, 11) is 4.10. The molecule has 5 rings (SSSR count). The molecule has 3 saturated heterocycles. The van der Waals surface area contributed by atoms with E-state index < -0.39 is 5.82 Å². The molecular formula is C21H28ClFN6O. The molecule has 2 aromatic heterocycles. The van der Waals surface area contributed by atoms with Gasteiger partial charge in [-0.1, -0.05) is 11.6 Å².